The summed E-state index contributed by atoms with van der Waals surface area (Å²) in [5.41, 5.74) is 10.5. The largest absolute Gasteiger partial charge is 0.453 e. The van der Waals surface area contributed by atoms with Crippen molar-refractivity contribution >= 4 is 27.0 Å². The molecule has 2 aliphatic rings. The van der Waals surface area contributed by atoms with Crippen LogP contribution in [0, 0.1) is 4.78 Å². The number of rotatable bonds is 5. The molecule has 11 heteroatoms. The van der Waals surface area contributed by atoms with Gasteiger partial charge in [-0.1, -0.05) is 41.5 Å². The standard InChI is InChI=1S/C23H22N6O4S/c24-28-26-15-9-11-16(12-10-15)34(25,31)27-17-13-32-14-20(23(17)30)29-18-5-1-3-7-21(18)33-22-8-4-2-6-19(22)29/h1-12,17,20,23,30H,13-14H2,(H2,25,27,31). The van der Waals surface area contributed by atoms with E-state index < -0.39 is 28.1 Å². The van der Waals surface area contributed by atoms with Crippen molar-refractivity contribution in [2.24, 2.45) is 5.11 Å². The molecule has 0 saturated carbocycles. The van der Waals surface area contributed by atoms with Crippen LogP contribution in [-0.4, -0.2) is 40.7 Å². The van der Waals surface area contributed by atoms with Crippen molar-refractivity contribution in [3.8, 4) is 11.5 Å². The van der Waals surface area contributed by atoms with E-state index in [0.29, 0.717) is 17.2 Å². The van der Waals surface area contributed by atoms with E-state index in [9.17, 15) is 9.32 Å². The molecule has 1 saturated heterocycles. The third-order valence-electron chi connectivity index (χ3n) is 5.84. The predicted molar refractivity (Wildman–Crippen MR) is 127 cm³/mol. The second kappa shape index (κ2) is 8.98. The van der Waals surface area contributed by atoms with E-state index in [-0.39, 0.29) is 18.1 Å². The molecule has 1 fully saturated rings. The maximum Gasteiger partial charge on any atom is 0.151 e. The Labute approximate surface area is 196 Å². The van der Waals surface area contributed by atoms with Crippen LogP contribution in [0.25, 0.3) is 10.4 Å². The molecule has 0 aliphatic carbocycles. The summed E-state index contributed by atoms with van der Waals surface area (Å²) in [7, 11) is -3.47. The van der Waals surface area contributed by atoms with Crippen LogP contribution in [0.1, 0.15) is 0 Å². The van der Waals surface area contributed by atoms with Gasteiger partial charge in [-0.15, -0.1) is 0 Å². The Morgan fingerprint density at radius 3 is 2.26 bits per heavy atom. The fourth-order valence-corrected chi connectivity index (χ4v) is 5.53. The Morgan fingerprint density at radius 2 is 1.65 bits per heavy atom. The number of azide groups is 1. The topological polar surface area (TPSA) is 144 Å². The maximum absolute atomic E-state index is 13.2. The predicted octanol–water partition coefficient (Wildman–Crippen LogP) is 4.61. The highest BCUT2D eigenvalue weighted by Crippen LogP contribution is 2.48. The number of benzene rings is 3. The summed E-state index contributed by atoms with van der Waals surface area (Å²) in [6, 6.07) is 19.7. The van der Waals surface area contributed by atoms with E-state index in [4.69, 9.17) is 19.8 Å². The van der Waals surface area contributed by atoms with Crippen LogP contribution >= 0.6 is 0 Å². The number of nitrogens with zero attached hydrogens (tertiary/aromatic N) is 4. The van der Waals surface area contributed by atoms with Gasteiger partial charge in [0.15, 0.2) is 11.5 Å². The third-order valence-corrected chi connectivity index (χ3v) is 7.41. The van der Waals surface area contributed by atoms with Gasteiger partial charge in [0.1, 0.15) is 9.92 Å². The van der Waals surface area contributed by atoms with Crippen molar-refractivity contribution in [1.29, 1.82) is 4.78 Å². The summed E-state index contributed by atoms with van der Waals surface area (Å²) in [4.78, 5) is 4.90. The minimum Gasteiger partial charge on any atom is -0.453 e. The molecule has 3 aromatic carbocycles. The quantitative estimate of drug-likeness (QED) is 0.279. The Hall–Kier alpha value is -3.60. The normalized spacial score (nSPS) is 23.0. The number of nitrogens with one attached hydrogen (secondary N) is 2. The summed E-state index contributed by atoms with van der Waals surface area (Å²) >= 11 is 0. The molecule has 0 bridgehead atoms. The van der Waals surface area contributed by atoms with Crippen molar-refractivity contribution in [3.05, 3.63) is 83.2 Å². The van der Waals surface area contributed by atoms with E-state index in [2.05, 4.69) is 14.7 Å². The summed E-state index contributed by atoms with van der Waals surface area (Å²) in [6.45, 7) is 0.333. The minimum absolute atomic E-state index is 0.0952. The van der Waals surface area contributed by atoms with Gasteiger partial charge in [-0.25, -0.2) is 13.7 Å². The molecule has 0 spiro atoms. The number of ether oxygens (including phenoxy) is 2. The zero-order valence-electron chi connectivity index (χ0n) is 17.9. The number of aliphatic hydroxyl groups excluding tert-OH is 1. The molecule has 3 aromatic rings. The summed E-state index contributed by atoms with van der Waals surface area (Å²) in [6.07, 6.45) is -0.999. The molecule has 4 unspecified atom stereocenters. The Balaban J connectivity index is 1.43. The summed E-state index contributed by atoms with van der Waals surface area (Å²) in [5.74, 6) is 1.32. The van der Waals surface area contributed by atoms with E-state index >= 15 is 0 Å². The first-order chi connectivity index (χ1) is 16.5. The lowest BCUT2D eigenvalue weighted by Gasteiger charge is -2.44. The first-order valence-electron chi connectivity index (χ1n) is 10.6. The lowest BCUT2D eigenvalue weighted by Crippen LogP contribution is -2.60. The number of aliphatic hydroxyl groups is 1. The van der Waals surface area contributed by atoms with Gasteiger partial charge in [-0.3, -0.25) is 0 Å². The van der Waals surface area contributed by atoms with Crippen LogP contribution < -0.4 is 14.4 Å². The van der Waals surface area contributed by atoms with Crippen molar-refractivity contribution in [2.45, 2.75) is 23.1 Å². The number of hydrogen-bond donors (Lipinski definition) is 3. The molecule has 0 amide bonds. The van der Waals surface area contributed by atoms with Gasteiger partial charge in [-0.2, -0.15) is 0 Å². The van der Waals surface area contributed by atoms with Crippen LogP contribution in [0.5, 0.6) is 11.5 Å². The van der Waals surface area contributed by atoms with Gasteiger partial charge in [0.25, 0.3) is 0 Å². The maximum atomic E-state index is 13.2. The molecule has 3 N–H and O–H groups in total. The lowest BCUT2D eigenvalue weighted by atomic mass is 9.98. The van der Waals surface area contributed by atoms with Gasteiger partial charge in [-0.05, 0) is 41.9 Å². The highest BCUT2D eigenvalue weighted by atomic mass is 32.2. The SMILES string of the molecule is [N-]=[N+]=Nc1ccc(S(=N)(=O)NC2COCC(N3c4ccccc4Oc4ccccc43)C2O)cc1. The first kappa shape index (κ1) is 22.2. The average Bonchev–Trinajstić information content (AvgIpc) is 2.84. The van der Waals surface area contributed by atoms with Gasteiger partial charge >= 0.3 is 0 Å². The van der Waals surface area contributed by atoms with E-state index in [1.54, 1.807) is 0 Å². The summed E-state index contributed by atoms with van der Waals surface area (Å²) < 4.78 is 36.3. The monoisotopic (exact) mass is 478 g/mol. The number of fused-ring (bicyclic) bond motifs is 2. The lowest BCUT2D eigenvalue weighted by molar-refractivity contribution is -0.0242. The fraction of sp³-hybridized carbons (Fsp3) is 0.217. The van der Waals surface area contributed by atoms with Crippen LogP contribution in [0.15, 0.2) is 82.8 Å². The van der Waals surface area contributed by atoms with Crippen molar-refractivity contribution in [2.75, 3.05) is 18.1 Å². The van der Waals surface area contributed by atoms with Crippen molar-refractivity contribution < 1.29 is 18.8 Å². The highest BCUT2D eigenvalue weighted by Gasteiger charge is 2.41. The van der Waals surface area contributed by atoms with Crippen LogP contribution in [-0.2, 0) is 14.7 Å². The molecule has 0 radical (unpaired) electrons. The Morgan fingerprint density at radius 1 is 1.03 bits per heavy atom. The van der Waals surface area contributed by atoms with E-state index in [0.717, 1.165) is 11.4 Å². The molecular formula is C23H22N6O4S. The molecule has 2 heterocycles. The van der Waals surface area contributed by atoms with Crippen LogP contribution in [0.4, 0.5) is 17.1 Å². The zero-order valence-corrected chi connectivity index (χ0v) is 18.8. The second-order valence-electron chi connectivity index (χ2n) is 7.97. The average molecular weight is 479 g/mol. The smallest absolute Gasteiger partial charge is 0.151 e. The Bertz CT molecular complexity index is 1310. The van der Waals surface area contributed by atoms with Gasteiger partial charge < -0.3 is 19.5 Å². The van der Waals surface area contributed by atoms with Crippen LogP contribution in [0.2, 0.25) is 0 Å². The fourth-order valence-electron chi connectivity index (χ4n) is 4.24. The third kappa shape index (κ3) is 4.07. The van der Waals surface area contributed by atoms with E-state index in [1.165, 1.54) is 24.3 Å². The van der Waals surface area contributed by atoms with E-state index in [1.807, 2.05) is 53.4 Å². The molecule has 34 heavy (non-hydrogen) atoms. The molecule has 4 atom stereocenters. The number of hydrogen-bond acceptors (Lipinski definition) is 7. The van der Waals surface area contributed by atoms with Gasteiger partial charge in [0, 0.05) is 10.6 Å². The molecular weight excluding hydrogens is 456 g/mol. The van der Waals surface area contributed by atoms with Crippen LogP contribution in [0.3, 0.4) is 0 Å². The molecule has 2 aliphatic heterocycles. The highest BCUT2D eigenvalue weighted by molar-refractivity contribution is 7.90. The van der Waals surface area contributed by atoms with Crippen molar-refractivity contribution in [1.82, 2.24) is 4.72 Å². The zero-order chi connectivity index (χ0) is 23.7. The summed E-state index contributed by atoms with van der Waals surface area (Å²) in [5, 5.41) is 14.9. The molecule has 0 aromatic heterocycles. The minimum atomic E-state index is -3.47. The number of anilines is 2. The van der Waals surface area contributed by atoms with Gasteiger partial charge in [0.05, 0.1) is 47.7 Å². The molecule has 10 nitrogen and oxygen atoms in total. The Kier molecular flexibility index (Phi) is 5.86. The first-order valence-corrected chi connectivity index (χ1v) is 12.2. The van der Waals surface area contributed by atoms with Crippen molar-refractivity contribution in [3.63, 3.8) is 0 Å². The molecule has 174 valence electrons. The number of para-hydroxylation sites is 4. The molecule has 5 rings (SSSR count). The van der Waals surface area contributed by atoms with Gasteiger partial charge in [0.2, 0.25) is 0 Å². The second-order valence-corrected chi connectivity index (χ2v) is 9.79.